The van der Waals surface area contributed by atoms with Gasteiger partial charge in [0.2, 0.25) is 0 Å². The number of nitrogens with one attached hydrogen (secondary N) is 1. The Kier molecular flexibility index (Phi) is 4.47. The highest BCUT2D eigenvalue weighted by molar-refractivity contribution is 9.10. The summed E-state index contributed by atoms with van der Waals surface area (Å²) in [4.78, 5) is 22.9. The molecule has 1 unspecified atom stereocenters. The zero-order valence-electron chi connectivity index (χ0n) is 10.0. The van der Waals surface area contributed by atoms with Crippen LogP contribution in [-0.2, 0) is 4.79 Å². The summed E-state index contributed by atoms with van der Waals surface area (Å²) in [5.74, 6) is -0.965. The Morgan fingerprint density at radius 3 is 2.74 bits per heavy atom. The van der Waals surface area contributed by atoms with Crippen LogP contribution in [0.4, 0.5) is 0 Å². The quantitative estimate of drug-likeness (QED) is 0.861. The van der Waals surface area contributed by atoms with Crippen molar-refractivity contribution in [2.24, 2.45) is 5.92 Å². The summed E-state index contributed by atoms with van der Waals surface area (Å²) in [6.45, 7) is 0. The van der Waals surface area contributed by atoms with Crippen molar-refractivity contribution in [3.63, 3.8) is 0 Å². The molecule has 0 aliphatic heterocycles. The minimum Gasteiger partial charge on any atom is -0.481 e. The van der Waals surface area contributed by atoms with Crippen LogP contribution in [0.2, 0.25) is 5.02 Å². The normalized spacial score (nSPS) is 15.9. The highest BCUT2D eigenvalue weighted by Gasteiger charge is 2.34. The van der Waals surface area contributed by atoms with Crippen LogP contribution in [0.15, 0.2) is 22.7 Å². The summed E-state index contributed by atoms with van der Waals surface area (Å²) in [6, 6.07) is 4.68. The Labute approximate surface area is 124 Å². The van der Waals surface area contributed by atoms with E-state index >= 15 is 0 Å². The molecule has 4 nitrogen and oxygen atoms in total. The van der Waals surface area contributed by atoms with E-state index in [1.165, 1.54) is 0 Å². The van der Waals surface area contributed by atoms with Gasteiger partial charge in [-0.2, -0.15) is 0 Å². The molecule has 0 bridgehead atoms. The van der Waals surface area contributed by atoms with Gasteiger partial charge in [0, 0.05) is 10.5 Å². The molecule has 1 aromatic rings. The first-order valence-corrected chi connectivity index (χ1v) is 7.12. The Morgan fingerprint density at radius 2 is 2.16 bits per heavy atom. The van der Waals surface area contributed by atoms with Gasteiger partial charge in [0.15, 0.2) is 0 Å². The summed E-state index contributed by atoms with van der Waals surface area (Å²) in [5, 5.41) is 12.0. The third-order valence-corrected chi connectivity index (χ3v) is 3.90. The highest BCUT2D eigenvalue weighted by atomic mass is 79.9. The maximum atomic E-state index is 12.1. The Morgan fingerprint density at radius 1 is 1.47 bits per heavy atom. The first kappa shape index (κ1) is 14.3. The molecule has 1 aromatic carbocycles. The molecule has 0 saturated heterocycles. The van der Waals surface area contributed by atoms with Gasteiger partial charge in [-0.3, -0.25) is 9.59 Å². The molecule has 0 heterocycles. The van der Waals surface area contributed by atoms with Gasteiger partial charge in [-0.1, -0.05) is 27.5 Å². The Hall–Kier alpha value is -1.07. The highest BCUT2D eigenvalue weighted by Crippen LogP contribution is 2.34. The fourth-order valence-electron chi connectivity index (χ4n) is 1.94. The van der Waals surface area contributed by atoms with Crippen LogP contribution in [0.25, 0.3) is 0 Å². The molecule has 0 aromatic heterocycles. The summed E-state index contributed by atoms with van der Waals surface area (Å²) in [5.41, 5.74) is 0.354. The van der Waals surface area contributed by atoms with E-state index in [1.54, 1.807) is 18.2 Å². The SMILES string of the molecule is O=C(O)CC(NC(=O)c1cc(Br)ccc1Cl)C1CC1. The van der Waals surface area contributed by atoms with Crippen LogP contribution in [0.5, 0.6) is 0 Å². The molecule has 0 spiro atoms. The number of carbonyl (C=O) groups excluding carboxylic acids is 1. The number of carboxylic acids is 1. The number of hydrogen-bond acceptors (Lipinski definition) is 2. The maximum Gasteiger partial charge on any atom is 0.305 e. The molecule has 102 valence electrons. The lowest BCUT2D eigenvalue weighted by Crippen LogP contribution is -2.38. The monoisotopic (exact) mass is 345 g/mol. The van der Waals surface area contributed by atoms with E-state index in [0.29, 0.717) is 10.6 Å². The van der Waals surface area contributed by atoms with Crippen molar-refractivity contribution in [1.29, 1.82) is 0 Å². The van der Waals surface area contributed by atoms with Crippen LogP contribution in [0, 0.1) is 5.92 Å². The minimum atomic E-state index is -0.905. The molecule has 6 heteroatoms. The van der Waals surface area contributed by atoms with Crippen LogP contribution in [0.3, 0.4) is 0 Å². The van der Waals surface area contributed by atoms with Crippen LogP contribution >= 0.6 is 27.5 Å². The zero-order valence-corrected chi connectivity index (χ0v) is 12.4. The molecule has 0 radical (unpaired) electrons. The third kappa shape index (κ3) is 3.94. The van der Waals surface area contributed by atoms with Gasteiger partial charge in [0.25, 0.3) is 5.91 Å². The number of carboxylic acid groups (broad SMARTS) is 1. The number of rotatable bonds is 5. The third-order valence-electron chi connectivity index (χ3n) is 3.08. The van der Waals surface area contributed by atoms with Gasteiger partial charge >= 0.3 is 5.97 Å². The predicted molar refractivity (Wildman–Crippen MR) is 75.4 cm³/mol. The number of hydrogen-bond donors (Lipinski definition) is 2. The smallest absolute Gasteiger partial charge is 0.305 e. The first-order valence-electron chi connectivity index (χ1n) is 5.95. The van der Waals surface area contributed by atoms with E-state index in [0.717, 1.165) is 17.3 Å². The van der Waals surface area contributed by atoms with Gasteiger partial charge in [-0.15, -0.1) is 0 Å². The van der Waals surface area contributed by atoms with E-state index in [-0.39, 0.29) is 24.3 Å². The molecule has 1 aliphatic rings. The van der Waals surface area contributed by atoms with Crippen molar-refractivity contribution in [2.75, 3.05) is 0 Å². The van der Waals surface area contributed by atoms with E-state index in [9.17, 15) is 9.59 Å². The van der Waals surface area contributed by atoms with Crippen LogP contribution < -0.4 is 5.32 Å². The summed E-state index contributed by atoms with van der Waals surface area (Å²) in [6.07, 6.45) is 1.87. The second kappa shape index (κ2) is 5.92. The largest absolute Gasteiger partial charge is 0.481 e. The number of benzene rings is 1. The number of halogens is 2. The van der Waals surface area contributed by atoms with Gasteiger partial charge in [0.1, 0.15) is 0 Å². The number of amides is 1. The van der Waals surface area contributed by atoms with Crippen LogP contribution in [0.1, 0.15) is 29.6 Å². The molecular formula is C13H13BrClNO3. The van der Waals surface area contributed by atoms with E-state index in [1.807, 2.05) is 0 Å². The molecule has 1 aliphatic carbocycles. The Bertz CT molecular complexity index is 517. The summed E-state index contributed by atoms with van der Waals surface area (Å²) < 4.78 is 0.753. The van der Waals surface area contributed by atoms with E-state index in [4.69, 9.17) is 16.7 Å². The lowest BCUT2D eigenvalue weighted by Gasteiger charge is -2.16. The lowest BCUT2D eigenvalue weighted by atomic mass is 10.1. The van der Waals surface area contributed by atoms with E-state index < -0.39 is 5.97 Å². The number of aliphatic carboxylic acids is 1. The topological polar surface area (TPSA) is 66.4 Å². The Balaban J connectivity index is 2.10. The van der Waals surface area contributed by atoms with Gasteiger partial charge in [0.05, 0.1) is 17.0 Å². The fourth-order valence-corrected chi connectivity index (χ4v) is 2.50. The van der Waals surface area contributed by atoms with Crippen molar-refractivity contribution in [2.45, 2.75) is 25.3 Å². The van der Waals surface area contributed by atoms with Crippen molar-refractivity contribution in [3.8, 4) is 0 Å². The molecular weight excluding hydrogens is 334 g/mol. The first-order chi connectivity index (χ1) is 8.97. The molecule has 2 rings (SSSR count). The summed E-state index contributed by atoms with van der Waals surface area (Å²) >= 11 is 9.26. The van der Waals surface area contributed by atoms with Crippen molar-refractivity contribution in [3.05, 3.63) is 33.3 Å². The molecule has 1 amide bonds. The fraction of sp³-hybridized carbons (Fsp3) is 0.385. The number of carbonyl (C=O) groups is 2. The van der Waals surface area contributed by atoms with Gasteiger partial charge < -0.3 is 10.4 Å². The molecule has 2 N–H and O–H groups in total. The van der Waals surface area contributed by atoms with Gasteiger partial charge in [-0.25, -0.2) is 0 Å². The molecule has 1 atom stereocenters. The van der Waals surface area contributed by atoms with Gasteiger partial charge in [-0.05, 0) is 37.0 Å². The second-order valence-electron chi connectivity index (χ2n) is 4.64. The maximum absolute atomic E-state index is 12.1. The molecule has 1 saturated carbocycles. The summed E-state index contributed by atoms with van der Waals surface area (Å²) in [7, 11) is 0. The van der Waals surface area contributed by atoms with Crippen LogP contribution in [-0.4, -0.2) is 23.0 Å². The zero-order chi connectivity index (χ0) is 14.0. The molecule has 1 fully saturated rings. The lowest BCUT2D eigenvalue weighted by molar-refractivity contribution is -0.137. The predicted octanol–water partition coefficient (Wildman–Crippen LogP) is 3.09. The average Bonchev–Trinajstić information content (AvgIpc) is 3.14. The van der Waals surface area contributed by atoms with Crippen molar-refractivity contribution < 1.29 is 14.7 Å². The standard InChI is InChI=1S/C13H13BrClNO3/c14-8-3-4-10(15)9(5-8)13(19)16-11(6-12(17)18)7-1-2-7/h3-5,7,11H,1-2,6H2,(H,16,19)(H,17,18). The second-order valence-corrected chi connectivity index (χ2v) is 5.96. The molecule has 19 heavy (non-hydrogen) atoms. The minimum absolute atomic E-state index is 0.0535. The van der Waals surface area contributed by atoms with E-state index in [2.05, 4.69) is 21.2 Å². The van der Waals surface area contributed by atoms with Crippen molar-refractivity contribution in [1.82, 2.24) is 5.32 Å². The van der Waals surface area contributed by atoms with Crippen molar-refractivity contribution >= 4 is 39.4 Å². The average molecular weight is 347 g/mol.